The van der Waals surface area contributed by atoms with Gasteiger partial charge in [0, 0.05) is 6.04 Å². The number of hydrogen-bond donors (Lipinski definition) is 1. The molecule has 1 atom stereocenters. The second-order valence-electron chi connectivity index (χ2n) is 5.47. The predicted octanol–water partition coefficient (Wildman–Crippen LogP) is 3.07. The second-order valence-corrected chi connectivity index (χ2v) is 5.47. The van der Waals surface area contributed by atoms with Crippen LogP contribution in [-0.2, 0) is 5.60 Å². The van der Waals surface area contributed by atoms with E-state index < -0.39 is 5.60 Å². The van der Waals surface area contributed by atoms with Crippen molar-refractivity contribution in [1.29, 1.82) is 0 Å². The lowest BCUT2D eigenvalue weighted by molar-refractivity contribution is 0.0424. The van der Waals surface area contributed by atoms with Gasteiger partial charge in [-0.05, 0) is 45.0 Å². The summed E-state index contributed by atoms with van der Waals surface area (Å²) in [7, 11) is 4.17. The van der Waals surface area contributed by atoms with E-state index in [4.69, 9.17) is 0 Å². The number of hydrogen-bond acceptors (Lipinski definition) is 2. The Hall–Kier alpha value is -0.860. The first kappa shape index (κ1) is 12.6. The van der Waals surface area contributed by atoms with E-state index in [0.717, 1.165) is 31.2 Å². The molecule has 1 aromatic carbocycles. The van der Waals surface area contributed by atoms with Gasteiger partial charge in [-0.25, -0.2) is 0 Å². The van der Waals surface area contributed by atoms with Crippen molar-refractivity contribution in [2.24, 2.45) is 0 Å². The molecule has 0 aliphatic heterocycles. The van der Waals surface area contributed by atoms with Crippen molar-refractivity contribution in [3.8, 4) is 0 Å². The number of benzene rings is 1. The van der Waals surface area contributed by atoms with Gasteiger partial charge in [0.2, 0.25) is 0 Å². The highest BCUT2D eigenvalue weighted by Crippen LogP contribution is 2.41. The van der Waals surface area contributed by atoms with E-state index in [2.05, 4.69) is 44.1 Å². The SMILES string of the molecule is C[C@@H](c1ccccc1C1(O)CCCC1)N(C)C. The average Bonchev–Trinajstić information content (AvgIpc) is 2.76. The molecule has 94 valence electrons. The standard InChI is InChI=1S/C15H23NO/c1-12(16(2)3)13-8-4-5-9-14(13)15(17)10-6-7-11-15/h4-5,8-9,12,17H,6-7,10-11H2,1-3H3/t12-/m0/s1. The van der Waals surface area contributed by atoms with Gasteiger partial charge >= 0.3 is 0 Å². The van der Waals surface area contributed by atoms with Crippen LogP contribution in [0.5, 0.6) is 0 Å². The summed E-state index contributed by atoms with van der Waals surface area (Å²) < 4.78 is 0. The highest BCUT2D eigenvalue weighted by Gasteiger charge is 2.35. The molecule has 2 heteroatoms. The van der Waals surface area contributed by atoms with Gasteiger partial charge in [-0.15, -0.1) is 0 Å². The minimum atomic E-state index is -0.582. The molecule has 0 spiro atoms. The molecule has 0 radical (unpaired) electrons. The Kier molecular flexibility index (Phi) is 3.55. The average molecular weight is 233 g/mol. The summed E-state index contributed by atoms with van der Waals surface area (Å²) >= 11 is 0. The van der Waals surface area contributed by atoms with Crippen LogP contribution < -0.4 is 0 Å². The predicted molar refractivity (Wildman–Crippen MR) is 70.9 cm³/mol. The summed E-state index contributed by atoms with van der Waals surface area (Å²) in [6, 6.07) is 8.70. The normalized spacial score (nSPS) is 20.8. The molecule has 1 N–H and O–H groups in total. The molecule has 2 rings (SSSR count). The minimum Gasteiger partial charge on any atom is -0.385 e. The fourth-order valence-electron chi connectivity index (χ4n) is 2.79. The number of aliphatic hydroxyl groups is 1. The van der Waals surface area contributed by atoms with Crippen LogP contribution in [0, 0.1) is 0 Å². The van der Waals surface area contributed by atoms with Crippen molar-refractivity contribution in [1.82, 2.24) is 4.90 Å². The maximum Gasteiger partial charge on any atom is 0.0899 e. The quantitative estimate of drug-likeness (QED) is 0.867. The summed E-state index contributed by atoms with van der Waals surface area (Å²) in [5, 5.41) is 10.8. The molecular weight excluding hydrogens is 210 g/mol. The van der Waals surface area contributed by atoms with E-state index in [1.54, 1.807) is 0 Å². The van der Waals surface area contributed by atoms with Gasteiger partial charge in [0.1, 0.15) is 0 Å². The summed E-state index contributed by atoms with van der Waals surface area (Å²) in [5.74, 6) is 0. The second kappa shape index (κ2) is 4.79. The highest BCUT2D eigenvalue weighted by atomic mass is 16.3. The van der Waals surface area contributed by atoms with Crippen LogP contribution in [0.1, 0.15) is 49.8 Å². The molecule has 1 aromatic rings. The first-order chi connectivity index (χ1) is 8.04. The molecule has 1 fully saturated rings. The summed E-state index contributed by atoms with van der Waals surface area (Å²) in [5.41, 5.74) is 1.82. The highest BCUT2D eigenvalue weighted by molar-refractivity contribution is 5.35. The molecule has 17 heavy (non-hydrogen) atoms. The van der Waals surface area contributed by atoms with Crippen LogP contribution in [0.4, 0.5) is 0 Å². The van der Waals surface area contributed by atoms with Gasteiger partial charge in [0.25, 0.3) is 0 Å². The molecule has 0 bridgehead atoms. The Morgan fingerprint density at radius 2 is 1.76 bits per heavy atom. The van der Waals surface area contributed by atoms with Gasteiger partial charge < -0.3 is 10.0 Å². The fourth-order valence-corrected chi connectivity index (χ4v) is 2.79. The Bertz CT molecular complexity index is 380. The van der Waals surface area contributed by atoms with Crippen molar-refractivity contribution in [2.75, 3.05) is 14.1 Å². The van der Waals surface area contributed by atoms with Crippen LogP contribution in [0.25, 0.3) is 0 Å². The zero-order valence-electron chi connectivity index (χ0n) is 11.1. The lowest BCUT2D eigenvalue weighted by Crippen LogP contribution is -2.26. The van der Waals surface area contributed by atoms with Crippen molar-refractivity contribution < 1.29 is 5.11 Å². The first-order valence-electron chi connectivity index (χ1n) is 6.53. The van der Waals surface area contributed by atoms with Crippen molar-refractivity contribution in [2.45, 2.75) is 44.2 Å². The topological polar surface area (TPSA) is 23.5 Å². The Balaban J connectivity index is 2.40. The Morgan fingerprint density at radius 3 is 2.35 bits per heavy atom. The molecule has 1 aliphatic carbocycles. The number of nitrogens with zero attached hydrogens (tertiary/aromatic N) is 1. The van der Waals surface area contributed by atoms with Crippen LogP contribution in [-0.4, -0.2) is 24.1 Å². The van der Waals surface area contributed by atoms with E-state index in [1.807, 2.05) is 6.07 Å². The minimum absolute atomic E-state index is 0.343. The largest absolute Gasteiger partial charge is 0.385 e. The van der Waals surface area contributed by atoms with Crippen LogP contribution >= 0.6 is 0 Å². The van der Waals surface area contributed by atoms with Crippen LogP contribution in [0.2, 0.25) is 0 Å². The third-order valence-corrected chi connectivity index (χ3v) is 4.12. The molecular formula is C15H23NO. The van der Waals surface area contributed by atoms with E-state index in [1.165, 1.54) is 5.56 Å². The third-order valence-electron chi connectivity index (χ3n) is 4.12. The first-order valence-corrected chi connectivity index (χ1v) is 6.53. The van der Waals surface area contributed by atoms with E-state index in [0.29, 0.717) is 6.04 Å². The maximum absolute atomic E-state index is 10.8. The fraction of sp³-hybridized carbons (Fsp3) is 0.600. The number of rotatable bonds is 3. The molecule has 1 aliphatic rings. The Labute approximate surface area is 104 Å². The molecule has 0 amide bonds. The smallest absolute Gasteiger partial charge is 0.0899 e. The summed E-state index contributed by atoms with van der Waals surface area (Å²) in [6.45, 7) is 2.19. The lowest BCUT2D eigenvalue weighted by Gasteiger charge is -2.30. The van der Waals surface area contributed by atoms with E-state index in [9.17, 15) is 5.11 Å². The van der Waals surface area contributed by atoms with Crippen molar-refractivity contribution in [3.63, 3.8) is 0 Å². The third kappa shape index (κ3) is 2.38. The van der Waals surface area contributed by atoms with Crippen LogP contribution in [0.15, 0.2) is 24.3 Å². The molecule has 0 heterocycles. The van der Waals surface area contributed by atoms with Crippen molar-refractivity contribution >= 4 is 0 Å². The van der Waals surface area contributed by atoms with Gasteiger partial charge in [-0.1, -0.05) is 37.1 Å². The molecule has 0 aromatic heterocycles. The lowest BCUT2D eigenvalue weighted by atomic mass is 9.86. The monoisotopic (exact) mass is 233 g/mol. The van der Waals surface area contributed by atoms with E-state index in [-0.39, 0.29) is 0 Å². The molecule has 1 saturated carbocycles. The molecule has 2 nitrogen and oxygen atoms in total. The summed E-state index contributed by atoms with van der Waals surface area (Å²) in [6.07, 6.45) is 4.09. The zero-order chi connectivity index (χ0) is 12.5. The summed E-state index contributed by atoms with van der Waals surface area (Å²) in [4.78, 5) is 2.19. The Morgan fingerprint density at radius 1 is 1.18 bits per heavy atom. The van der Waals surface area contributed by atoms with Crippen molar-refractivity contribution in [3.05, 3.63) is 35.4 Å². The maximum atomic E-state index is 10.8. The molecule has 0 unspecified atom stereocenters. The van der Waals surface area contributed by atoms with E-state index >= 15 is 0 Å². The zero-order valence-corrected chi connectivity index (χ0v) is 11.1. The van der Waals surface area contributed by atoms with Gasteiger partial charge in [0.15, 0.2) is 0 Å². The van der Waals surface area contributed by atoms with Gasteiger partial charge in [-0.2, -0.15) is 0 Å². The molecule has 0 saturated heterocycles. The van der Waals surface area contributed by atoms with Gasteiger partial charge in [-0.3, -0.25) is 0 Å². The van der Waals surface area contributed by atoms with Crippen LogP contribution in [0.3, 0.4) is 0 Å². The van der Waals surface area contributed by atoms with Gasteiger partial charge in [0.05, 0.1) is 5.60 Å².